The molecule has 1 aromatic carbocycles. The van der Waals surface area contributed by atoms with E-state index in [1.165, 1.54) is 18.4 Å². The molecule has 1 aliphatic rings. The summed E-state index contributed by atoms with van der Waals surface area (Å²) in [5.74, 6) is 0. The van der Waals surface area contributed by atoms with Crippen LogP contribution >= 0.6 is 11.6 Å². The van der Waals surface area contributed by atoms with Crippen molar-refractivity contribution in [1.29, 1.82) is 0 Å². The number of allylic oxidation sites excluding steroid dienone is 2. The summed E-state index contributed by atoms with van der Waals surface area (Å²) in [5, 5.41) is 4.71. The fraction of sp³-hybridized carbons (Fsp3) is 0.357. The van der Waals surface area contributed by atoms with E-state index in [9.17, 15) is 0 Å². The Morgan fingerprint density at radius 3 is 3.06 bits per heavy atom. The van der Waals surface area contributed by atoms with Gasteiger partial charge in [-0.3, -0.25) is 0 Å². The summed E-state index contributed by atoms with van der Waals surface area (Å²) >= 11 is 5.88. The number of hydrogen-bond acceptors (Lipinski definition) is 2. The average molecular weight is 250 g/mol. The van der Waals surface area contributed by atoms with Crippen LogP contribution in [0.3, 0.4) is 0 Å². The molecule has 0 fully saturated rings. The quantitative estimate of drug-likeness (QED) is 0.575. The Morgan fingerprint density at radius 1 is 1.35 bits per heavy atom. The lowest BCUT2D eigenvalue weighted by molar-refractivity contribution is 0.132. The molecular weight excluding hydrogens is 234 g/mol. The smallest absolute Gasteiger partial charge is 0.142 e. The lowest BCUT2D eigenvalue weighted by atomic mass is 10.0. The zero-order valence-corrected chi connectivity index (χ0v) is 10.5. The SMILES string of the molecule is Clc1cccc(CON=CC2=CCCCC2)c1. The van der Waals surface area contributed by atoms with Crippen LogP contribution in [0.1, 0.15) is 31.2 Å². The molecule has 1 aliphatic carbocycles. The maximum absolute atomic E-state index is 5.88. The van der Waals surface area contributed by atoms with Gasteiger partial charge in [-0.2, -0.15) is 0 Å². The molecule has 0 saturated carbocycles. The molecule has 2 rings (SSSR count). The molecule has 90 valence electrons. The van der Waals surface area contributed by atoms with E-state index in [4.69, 9.17) is 16.4 Å². The minimum Gasteiger partial charge on any atom is -0.391 e. The molecule has 0 radical (unpaired) electrons. The first-order valence-electron chi connectivity index (χ1n) is 5.93. The minimum atomic E-state index is 0.463. The fourth-order valence-electron chi connectivity index (χ4n) is 1.82. The highest BCUT2D eigenvalue weighted by atomic mass is 35.5. The van der Waals surface area contributed by atoms with Gasteiger partial charge in [0.2, 0.25) is 0 Å². The van der Waals surface area contributed by atoms with E-state index in [0.717, 1.165) is 23.4 Å². The van der Waals surface area contributed by atoms with Crippen LogP contribution in [-0.4, -0.2) is 6.21 Å². The van der Waals surface area contributed by atoms with Crippen LogP contribution in [0.4, 0.5) is 0 Å². The van der Waals surface area contributed by atoms with Crippen molar-refractivity contribution in [2.45, 2.75) is 32.3 Å². The van der Waals surface area contributed by atoms with E-state index in [2.05, 4.69) is 11.2 Å². The first kappa shape index (κ1) is 12.2. The van der Waals surface area contributed by atoms with Crippen molar-refractivity contribution in [3.05, 3.63) is 46.5 Å². The molecule has 0 saturated heterocycles. The number of hydrogen-bond donors (Lipinski definition) is 0. The summed E-state index contributed by atoms with van der Waals surface area (Å²) < 4.78 is 0. The van der Waals surface area contributed by atoms with Crippen molar-refractivity contribution in [3.8, 4) is 0 Å². The molecular formula is C14H16ClNO. The molecule has 0 spiro atoms. The third-order valence-corrected chi connectivity index (χ3v) is 2.97. The largest absolute Gasteiger partial charge is 0.391 e. The number of benzene rings is 1. The van der Waals surface area contributed by atoms with E-state index in [-0.39, 0.29) is 0 Å². The van der Waals surface area contributed by atoms with Gasteiger partial charge in [-0.1, -0.05) is 35.0 Å². The van der Waals surface area contributed by atoms with Gasteiger partial charge in [0.15, 0.2) is 0 Å². The Labute approximate surface area is 107 Å². The molecule has 0 N–H and O–H groups in total. The van der Waals surface area contributed by atoms with Gasteiger partial charge in [-0.05, 0) is 49.0 Å². The van der Waals surface area contributed by atoms with Crippen molar-refractivity contribution in [2.75, 3.05) is 0 Å². The summed E-state index contributed by atoms with van der Waals surface area (Å²) in [6.45, 7) is 0.463. The van der Waals surface area contributed by atoms with Gasteiger partial charge in [0.25, 0.3) is 0 Å². The van der Waals surface area contributed by atoms with Gasteiger partial charge in [0, 0.05) is 5.02 Å². The second-order valence-corrected chi connectivity index (χ2v) is 4.60. The van der Waals surface area contributed by atoms with Gasteiger partial charge in [0.1, 0.15) is 6.61 Å². The predicted octanol–water partition coefficient (Wildman–Crippen LogP) is 4.34. The molecule has 2 nitrogen and oxygen atoms in total. The monoisotopic (exact) mass is 249 g/mol. The van der Waals surface area contributed by atoms with E-state index in [0.29, 0.717) is 6.61 Å². The first-order chi connectivity index (χ1) is 8.34. The number of oxime groups is 1. The molecule has 3 heteroatoms. The normalized spacial score (nSPS) is 15.9. The molecule has 1 aromatic rings. The highest BCUT2D eigenvalue weighted by Gasteiger charge is 2.00. The van der Waals surface area contributed by atoms with E-state index < -0.39 is 0 Å². The topological polar surface area (TPSA) is 21.6 Å². The van der Waals surface area contributed by atoms with Crippen LogP contribution in [0.2, 0.25) is 5.02 Å². The van der Waals surface area contributed by atoms with Gasteiger partial charge in [0.05, 0.1) is 6.21 Å². The lowest BCUT2D eigenvalue weighted by Crippen LogP contribution is -1.94. The molecule has 0 atom stereocenters. The summed E-state index contributed by atoms with van der Waals surface area (Å²) in [5.41, 5.74) is 2.31. The standard InChI is InChI=1S/C14H16ClNO/c15-14-8-4-7-13(9-14)11-17-16-10-12-5-2-1-3-6-12/h4-5,7-10H,1-3,6,11H2. The number of nitrogens with zero attached hydrogens (tertiary/aromatic N) is 1. The van der Waals surface area contributed by atoms with Crippen molar-refractivity contribution < 1.29 is 4.84 Å². The third kappa shape index (κ3) is 4.23. The number of rotatable bonds is 4. The van der Waals surface area contributed by atoms with E-state index in [1.807, 2.05) is 30.5 Å². The fourth-order valence-corrected chi connectivity index (χ4v) is 2.04. The van der Waals surface area contributed by atoms with Crippen LogP contribution in [0.5, 0.6) is 0 Å². The zero-order chi connectivity index (χ0) is 11.9. The molecule has 0 unspecified atom stereocenters. The Bertz CT molecular complexity index is 426. The van der Waals surface area contributed by atoms with E-state index >= 15 is 0 Å². The highest BCUT2D eigenvalue weighted by Crippen LogP contribution is 2.15. The third-order valence-electron chi connectivity index (χ3n) is 2.74. The highest BCUT2D eigenvalue weighted by molar-refractivity contribution is 6.30. The molecule has 17 heavy (non-hydrogen) atoms. The molecule has 0 bridgehead atoms. The summed E-state index contributed by atoms with van der Waals surface area (Å²) in [6.07, 6.45) is 8.88. The maximum atomic E-state index is 5.88. The number of halogens is 1. The maximum Gasteiger partial charge on any atom is 0.142 e. The van der Waals surface area contributed by atoms with Crippen LogP contribution in [0.15, 0.2) is 41.1 Å². The summed E-state index contributed by atoms with van der Waals surface area (Å²) in [4.78, 5) is 5.25. The Balaban J connectivity index is 1.79. The predicted molar refractivity (Wildman–Crippen MR) is 71.3 cm³/mol. The summed E-state index contributed by atoms with van der Waals surface area (Å²) in [7, 11) is 0. The van der Waals surface area contributed by atoms with Crippen LogP contribution in [0, 0.1) is 0 Å². The van der Waals surface area contributed by atoms with Crippen molar-refractivity contribution >= 4 is 17.8 Å². The lowest BCUT2D eigenvalue weighted by Gasteiger charge is -2.07. The van der Waals surface area contributed by atoms with Crippen LogP contribution < -0.4 is 0 Å². The van der Waals surface area contributed by atoms with Gasteiger partial charge in [-0.15, -0.1) is 0 Å². The molecule has 0 heterocycles. The van der Waals surface area contributed by atoms with Gasteiger partial charge in [-0.25, -0.2) is 0 Å². The second-order valence-electron chi connectivity index (χ2n) is 4.16. The first-order valence-corrected chi connectivity index (χ1v) is 6.31. The van der Waals surface area contributed by atoms with Crippen LogP contribution in [-0.2, 0) is 11.4 Å². The summed E-state index contributed by atoms with van der Waals surface area (Å²) in [6, 6.07) is 7.62. The second kappa shape index (κ2) is 6.45. The molecule has 0 aliphatic heterocycles. The van der Waals surface area contributed by atoms with Gasteiger partial charge < -0.3 is 4.84 Å². The van der Waals surface area contributed by atoms with Crippen molar-refractivity contribution in [3.63, 3.8) is 0 Å². The van der Waals surface area contributed by atoms with Gasteiger partial charge >= 0.3 is 0 Å². The van der Waals surface area contributed by atoms with Crippen molar-refractivity contribution in [2.24, 2.45) is 5.16 Å². The Kier molecular flexibility index (Phi) is 4.63. The molecule has 0 aromatic heterocycles. The van der Waals surface area contributed by atoms with Crippen LogP contribution in [0.25, 0.3) is 0 Å². The molecule has 0 amide bonds. The average Bonchev–Trinajstić information content (AvgIpc) is 2.36. The Morgan fingerprint density at radius 2 is 2.29 bits per heavy atom. The Hall–Kier alpha value is -1.28. The zero-order valence-electron chi connectivity index (χ0n) is 9.73. The van der Waals surface area contributed by atoms with E-state index in [1.54, 1.807) is 0 Å². The minimum absolute atomic E-state index is 0.463. The van der Waals surface area contributed by atoms with Crippen molar-refractivity contribution in [1.82, 2.24) is 0 Å².